The summed E-state index contributed by atoms with van der Waals surface area (Å²) in [6.07, 6.45) is 4.62. The molecule has 3 aromatic rings. The first-order valence-electron chi connectivity index (χ1n) is 12.3. The third kappa shape index (κ3) is 4.53. The first kappa shape index (κ1) is 23.9. The fourth-order valence-corrected chi connectivity index (χ4v) is 5.26. The Hall–Kier alpha value is -3.87. The van der Waals surface area contributed by atoms with Crippen LogP contribution in [0.5, 0.6) is 5.75 Å². The van der Waals surface area contributed by atoms with Crippen molar-refractivity contribution in [3.05, 3.63) is 82.9 Å². The number of aromatic nitrogens is 2. The fourth-order valence-electron chi connectivity index (χ4n) is 5.26. The molecule has 0 radical (unpaired) electrons. The first-order chi connectivity index (χ1) is 17.2. The maximum atomic E-state index is 13.1. The molecule has 2 aliphatic rings. The second-order valence-electron chi connectivity index (χ2n) is 10.6. The zero-order chi connectivity index (χ0) is 25.4. The van der Waals surface area contributed by atoms with Gasteiger partial charge in [0.1, 0.15) is 18.7 Å². The minimum atomic E-state index is -1.20. The Bertz CT molecular complexity index is 1330. The van der Waals surface area contributed by atoms with Crippen molar-refractivity contribution in [3.8, 4) is 11.4 Å². The Morgan fingerprint density at radius 2 is 1.94 bits per heavy atom. The highest BCUT2D eigenvalue weighted by Gasteiger charge is 2.40. The second kappa shape index (κ2) is 9.30. The van der Waals surface area contributed by atoms with Gasteiger partial charge in [-0.05, 0) is 66.0 Å². The Morgan fingerprint density at radius 3 is 2.67 bits per heavy atom. The molecule has 2 aromatic carbocycles. The van der Waals surface area contributed by atoms with Gasteiger partial charge in [0.2, 0.25) is 0 Å². The standard InChI is InChI=1S/C29H31N3O4/c1-29(2,3)23-13-14-31(28(34)35)27(33)22(23)16-24-26-11-9-20-15-21(10-12-25(20)32(26)18-30-24)36-17-19-7-5-4-6-8-19/h4-8,10,12,15-16,18,23H,9,11,13-14,17H2,1-3H3,(H,34,35). The zero-order valence-electron chi connectivity index (χ0n) is 20.9. The quantitative estimate of drug-likeness (QED) is 0.493. The van der Waals surface area contributed by atoms with E-state index in [1.54, 1.807) is 6.33 Å². The van der Waals surface area contributed by atoms with Crippen molar-refractivity contribution in [2.45, 2.75) is 46.6 Å². The minimum absolute atomic E-state index is 0.0434. The average molecular weight is 486 g/mol. The summed E-state index contributed by atoms with van der Waals surface area (Å²) in [7, 11) is 0. The van der Waals surface area contributed by atoms with Crippen LogP contribution in [-0.4, -0.2) is 38.1 Å². The summed E-state index contributed by atoms with van der Waals surface area (Å²) >= 11 is 0. The Morgan fingerprint density at radius 1 is 1.17 bits per heavy atom. The molecule has 1 atom stereocenters. The van der Waals surface area contributed by atoms with E-state index < -0.39 is 12.0 Å². The average Bonchev–Trinajstić information content (AvgIpc) is 3.26. The van der Waals surface area contributed by atoms with Gasteiger partial charge in [0, 0.05) is 12.1 Å². The number of carbonyl (C=O) groups is 2. The number of hydrogen-bond acceptors (Lipinski definition) is 4. The molecular formula is C29H31N3O4. The number of likely N-dealkylation sites (tertiary alicyclic amines) is 1. The molecule has 36 heavy (non-hydrogen) atoms. The lowest BCUT2D eigenvalue weighted by Crippen LogP contribution is -2.46. The van der Waals surface area contributed by atoms with Crippen LogP contribution in [0.1, 0.15) is 49.7 Å². The Balaban J connectivity index is 1.44. The number of imide groups is 1. The van der Waals surface area contributed by atoms with Crippen molar-refractivity contribution in [2.75, 3.05) is 6.54 Å². The molecule has 1 N–H and O–H groups in total. The van der Waals surface area contributed by atoms with Crippen LogP contribution < -0.4 is 4.74 Å². The van der Waals surface area contributed by atoms with Crippen LogP contribution in [0, 0.1) is 11.3 Å². The number of amides is 2. The van der Waals surface area contributed by atoms with Crippen molar-refractivity contribution >= 4 is 18.1 Å². The number of imidazole rings is 1. The smallest absolute Gasteiger partial charge is 0.414 e. The molecule has 7 heteroatoms. The molecule has 1 saturated heterocycles. The van der Waals surface area contributed by atoms with E-state index in [-0.39, 0.29) is 17.9 Å². The lowest BCUT2D eigenvalue weighted by atomic mass is 9.72. The number of hydrogen-bond donors (Lipinski definition) is 1. The number of rotatable bonds is 4. The topological polar surface area (TPSA) is 84.7 Å². The van der Waals surface area contributed by atoms with Crippen LogP contribution in [0.4, 0.5) is 4.79 Å². The van der Waals surface area contributed by atoms with Gasteiger partial charge >= 0.3 is 6.09 Å². The lowest BCUT2D eigenvalue weighted by molar-refractivity contribution is -0.128. The van der Waals surface area contributed by atoms with Gasteiger partial charge in [0.05, 0.1) is 17.1 Å². The summed E-state index contributed by atoms with van der Waals surface area (Å²) in [5.41, 5.74) is 5.47. The normalized spacial score (nSPS) is 18.6. The van der Waals surface area contributed by atoms with Gasteiger partial charge in [0.15, 0.2) is 0 Å². The van der Waals surface area contributed by atoms with Crippen molar-refractivity contribution in [1.82, 2.24) is 14.5 Å². The molecular weight excluding hydrogens is 454 g/mol. The molecule has 0 bridgehead atoms. The van der Waals surface area contributed by atoms with Crippen LogP contribution in [0.15, 0.2) is 60.4 Å². The fraction of sp³-hybridized carbons (Fsp3) is 0.345. The highest BCUT2D eigenvalue weighted by Crippen LogP contribution is 2.40. The highest BCUT2D eigenvalue weighted by molar-refractivity contribution is 6.06. The maximum absolute atomic E-state index is 13.1. The largest absolute Gasteiger partial charge is 0.489 e. The zero-order valence-corrected chi connectivity index (χ0v) is 20.9. The molecule has 3 heterocycles. The minimum Gasteiger partial charge on any atom is -0.489 e. The summed E-state index contributed by atoms with van der Waals surface area (Å²) < 4.78 is 8.08. The van der Waals surface area contributed by atoms with Crippen molar-refractivity contribution in [3.63, 3.8) is 0 Å². The predicted octanol–water partition coefficient (Wildman–Crippen LogP) is 5.51. The summed E-state index contributed by atoms with van der Waals surface area (Å²) in [6, 6.07) is 16.2. The van der Waals surface area contributed by atoms with E-state index in [1.165, 1.54) is 5.56 Å². The predicted molar refractivity (Wildman–Crippen MR) is 137 cm³/mol. The van der Waals surface area contributed by atoms with Crippen LogP contribution in [0.3, 0.4) is 0 Å². The summed E-state index contributed by atoms with van der Waals surface area (Å²) in [6.45, 7) is 7.00. The third-order valence-electron chi connectivity index (χ3n) is 7.17. The van der Waals surface area contributed by atoms with E-state index in [0.717, 1.165) is 46.1 Å². The van der Waals surface area contributed by atoms with Crippen LogP contribution >= 0.6 is 0 Å². The van der Waals surface area contributed by atoms with Crippen LogP contribution in [0.25, 0.3) is 11.8 Å². The van der Waals surface area contributed by atoms with Crippen molar-refractivity contribution in [2.24, 2.45) is 11.3 Å². The molecule has 186 valence electrons. The first-order valence-corrected chi connectivity index (χ1v) is 12.3. The van der Waals surface area contributed by atoms with Gasteiger partial charge in [-0.25, -0.2) is 14.7 Å². The number of carbonyl (C=O) groups excluding carboxylic acids is 1. The molecule has 0 saturated carbocycles. The number of aryl methyl sites for hydroxylation is 1. The van der Waals surface area contributed by atoms with E-state index in [4.69, 9.17) is 4.74 Å². The Kier molecular flexibility index (Phi) is 6.16. The molecule has 1 unspecified atom stereocenters. The van der Waals surface area contributed by atoms with E-state index in [9.17, 15) is 14.7 Å². The summed E-state index contributed by atoms with van der Waals surface area (Å²) in [5.74, 6) is 0.350. The number of nitrogens with zero attached hydrogens (tertiary/aromatic N) is 3. The van der Waals surface area contributed by atoms with E-state index in [1.807, 2.05) is 48.5 Å². The second-order valence-corrected chi connectivity index (χ2v) is 10.6. The number of ether oxygens (including phenoxy) is 1. The molecule has 5 rings (SSSR count). The van der Waals surface area contributed by atoms with Gasteiger partial charge in [-0.3, -0.25) is 4.79 Å². The van der Waals surface area contributed by atoms with Crippen molar-refractivity contribution in [1.29, 1.82) is 0 Å². The summed E-state index contributed by atoms with van der Waals surface area (Å²) in [5, 5.41) is 9.52. The summed E-state index contributed by atoms with van der Waals surface area (Å²) in [4.78, 5) is 30.4. The van der Waals surface area contributed by atoms with E-state index in [0.29, 0.717) is 18.6 Å². The molecule has 1 fully saturated rings. The van der Waals surface area contributed by atoms with E-state index in [2.05, 4.69) is 36.4 Å². The number of fused-ring (bicyclic) bond motifs is 3. The van der Waals surface area contributed by atoms with Crippen LogP contribution in [-0.2, 0) is 24.2 Å². The van der Waals surface area contributed by atoms with Gasteiger partial charge in [0.25, 0.3) is 5.91 Å². The molecule has 2 aliphatic heterocycles. The van der Waals surface area contributed by atoms with Gasteiger partial charge in [-0.2, -0.15) is 0 Å². The molecule has 2 amide bonds. The lowest BCUT2D eigenvalue weighted by Gasteiger charge is -2.38. The SMILES string of the molecule is CC(C)(C)C1CCN(C(=O)O)C(=O)C1=Cc1ncn2c1CCc1cc(OCc3ccccc3)ccc1-2. The van der Waals surface area contributed by atoms with Gasteiger partial charge < -0.3 is 14.4 Å². The molecule has 0 aliphatic carbocycles. The molecule has 1 aromatic heterocycles. The third-order valence-corrected chi connectivity index (χ3v) is 7.17. The van der Waals surface area contributed by atoms with Gasteiger partial charge in [-0.1, -0.05) is 51.1 Å². The van der Waals surface area contributed by atoms with Crippen LogP contribution in [0.2, 0.25) is 0 Å². The number of piperidine rings is 1. The highest BCUT2D eigenvalue weighted by atomic mass is 16.5. The monoisotopic (exact) mass is 485 g/mol. The van der Waals surface area contributed by atoms with E-state index >= 15 is 0 Å². The van der Waals surface area contributed by atoms with Crippen molar-refractivity contribution < 1.29 is 19.4 Å². The van der Waals surface area contributed by atoms with Gasteiger partial charge in [-0.15, -0.1) is 0 Å². The number of benzene rings is 2. The molecule has 7 nitrogen and oxygen atoms in total. The number of carboxylic acid groups (broad SMARTS) is 1. The maximum Gasteiger partial charge on any atom is 0.414 e. The molecule has 0 spiro atoms. The Labute approximate surface area is 211 Å².